The lowest BCUT2D eigenvalue weighted by atomic mass is 9.82. The molecule has 2 fully saturated rings. The number of benzene rings is 2. The van der Waals surface area contributed by atoms with Gasteiger partial charge in [-0.1, -0.05) is 62.8 Å². The molecular weight excluding hydrogens is 426 g/mol. The normalized spacial score (nSPS) is 18.6. The molecule has 0 radical (unpaired) electrons. The largest absolute Gasteiger partial charge is 0.478 e. The first-order valence-corrected chi connectivity index (χ1v) is 12.7. The van der Waals surface area contributed by atoms with Crippen LogP contribution in [0.2, 0.25) is 0 Å². The zero-order valence-corrected chi connectivity index (χ0v) is 19.6. The van der Waals surface area contributed by atoms with Crippen molar-refractivity contribution in [2.45, 2.75) is 76.3 Å². The van der Waals surface area contributed by atoms with E-state index >= 15 is 0 Å². The first-order chi connectivity index (χ1) is 16.6. The summed E-state index contributed by atoms with van der Waals surface area (Å²) in [6.45, 7) is 0. The number of aromatic nitrogens is 2. The maximum atomic E-state index is 14.0. The molecule has 3 aromatic rings. The van der Waals surface area contributed by atoms with Crippen molar-refractivity contribution in [3.63, 3.8) is 0 Å². The Labute approximate surface area is 200 Å². The van der Waals surface area contributed by atoms with Gasteiger partial charge in [0.2, 0.25) is 5.91 Å². The fourth-order valence-corrected chi connectivity index (χ4v) is 5.85. The molecule has 0 bridgehead atoms. The third-order valence-corrected chi connectivity index (χ3v) is 7.56. The zero-order valence-electron chi connectivity index (χ0n) is 19.6. The standard InChI is InChI=1S/C28H33N3O3/c32-27(29-22-14-5-2-6-15-22)25(19-10-3-1-4-11-19)31-24-17-8-7-16-23(24)30-26(31)20-12-9-13-21(18-20)28(33)34/h7-9,12-13,16-19,22,25H,1-6,10-11,14-15H2,(H,29,32)(H,33,34). The van der Waals surface area contributed by atoms with Gasteiger partial charge < -0.3 is 15.0 Å². The minimum Gasteiger partial charge on any atom is -0.478 e. The van der Waals surface area contributed by atoms with E-state index in [1.54, 1.807) is 18.2 Å². The van der Waals surface area contributed by atoms with Gasteiger partial charge in [-0.25, -0.2) is 9.78 Å². The zero-order chi connectivity index (χ0) is 23.5. The van der Waals surface area contributed by atoms with Gasteiger partial charge in [0.1, 0.15) is 11.9 Å². The highest BCUT2D eigenvalue weighted by atomic mass is 16.4. The van der Waals surface area contributed by atoms with E-state index in [-0.39, 0.29) is 29.5 Å². The molecule has 1 amide bonds. The van der Waals surface area contributed by atoms with Crippen LogP contribution in [0.25, 0.3) is 22.4 Å². The van der Waals surface area contributed by atoms with Gasteiger partial charge in [-0.05, 0) is 55.9 Å². The molecule has 2 aliphatic rings. The van der Waals surface area contributed by atoms with Crippen molar-refractivity contribution in [2.75, 3.05) is 0 Å². The molecule has 1 heterocycles. The van der Waals surface area contributed by atoms with Crippen molar-refractivity contribution in [3.05, 3.63) is 54.1 Å². The van der Waals surface area contributed by atoms with Crippen LogP contribution in [-0.2, 0) is 4.79 Å². The Hall–Kier alpha value is -3.15. The van der Waals surface area contributed by atoms with Gasteiger partial charge in [0.25, 0.3) is 0 Å². The number of rotatable bonds is 6. The van der Waals surface area contributed by atoms with Gasteiger partial charge in [0.15, 0.2) is 0 Å². The van der Waals surface area contributed by atoms with Crippen LogP contribution in [0.4, 0.5) is 0 Å². The van der Waals surface area contributed by atoms with E-state index in [2.05, 4.69) is 9.88 Å². The summed E-state index contributed by atoms with van der Waals surface area (Å²) in [5.74, 6) is 0.0102. The van der Waals surface area contributed by atoms with E-state index in [0.717, 1.165) is 55.1 Å². The Kier molecular flexibility index (Phi) is 6.66. The summed E-state index contributed by atoms with van der Waals surface area (Å²) >= 11 is 0. The highest BCUT2D eigenvalue weighted by Gasteiger charge is 2.35. The topological polar surface area (TPSA) is 84.2 Å². The number of imidazole rings is 1. The number of amides is 1. The lowest BCUT2D eigenvalue weighted by Crippen LogP contribution is -2.43. The maximum absolute atomic E-state index is 14.0. The Morgan fingerprint density at radius 2 is 1.62 bits per heavy atom. The van der Waals surface area contributed by atoms with Gasteiger partial charge in [-0.15, -0.1) is 0 Å². The number of para-hydroxylation sites is 2. The number of carboxylic acid groups (broad SMARTS) is 1. The van der Waals surface area contributed by atoms with E-state index in [4.69, 9.17) is 4.98 Å². The van der Waals surface area contributed by atoms with E-state index < -0.39 is 5.97 Å². The summed E-state index contributed by atoms with van der Waals surface area (Å²) in [7, 11) is 0. The molecule has 2 N–H and O–H groups in total. The first-order valence-electron chi connectivity index (χ1n) is 12.7. The van der Waals surface area contributed by atoms with Crippen LogP contribution >= 0.6 is 0 Å². The summed E-state index contributed by atoms with van der Waals surface area (Å²) in [5.41, 5.74) is 2.69. The number of carboxylic acids is 1. The molecular formula is C28H33N3O3. The molecule has 0 spiro atoms. The Morgan fingerprint density at radius 1 is 0.912 bits per heavy atom. The SMILES string of the molecule is O=C(O)c1cccc(-c2nc3ccccc3n2C(C(=O)NC2CCCCC2)C2CCCCC2)c1. The highest BCUT2D eigenvalue weighted by molar-refractivity contribution is 5.91. The van der Waals surface area contributed by atoms with Crippen LogP contribution in [0.3, 0.4) is 0 Å². The average Bonchev–Trinajstić information content (AvgIpc) is 3.25. The van der Waals surface area contributed by atoms with Crippen LogP contribution in [0, 0.1) is 5.92 Å². The summed E-state index contributed by atoms with van der Waals surface area (Å²) in [4.78, 5) is 30.5. The summed E-state index contributed by atoms with van der Waals surface area (Å²) in [6, 6.07) is 14.7. The van der Waals surface area contributed by atoms with Crippen molar-refractivity contribution in [3.8, 4) is 11.4 Å². The van der Waals surface area contributed by atoms with Crippen LogP contribution in [0.5, 0.6) is 0 Å². The number of nitrogens with zero attached hydrogens (tertiary/aromatic N) is 2. The van der Waals surface area contributed by atoms with Crippen molar-refractivity contribution < 1.29 is 14.7 Å². The summed E-state index contributed by atoms with van der Waals surface area (Å²) < 4.78 is 2.10. The van der Waals surface area contributed by atoms with E-state index in [1.807, 2.05) is 30.3 Å². The van der Waals surface area contributed by atoms with Crippen molar-refractivity contribution in [2.24, 2.45) is 5.92 Å². The second kappa shape index (κ2) is 10.00. The molecule has 1 unspecified atom stereocenters. The molecule has 5 rings (SSSR count). The molecule has 1 atom stereocenters. The average molecular weight is 460 g/mol. The second-order valence-corrected chi connectivity index (χ2v) is 9.87. The number of fused-ring (bicyclic) bond motifs is 1. The van der Waals surface area contributed by atoms with Gasteiger partial charge in [-0.3, -0.25) is 4.79 Å². The fourth-order valence-electron chi connectivity index (χ4n) is 5.85. The maximum Gasteiger partial charge on any atom is 0.335 e. The molecule has 2 aliphatic carbocycles. The Bertz CT molecular complexity index is 1170. The number of carbonyl (C=O) groups is 2. The predicted octanol–water partition coefficient (Wildman–Crippen LogP) is 5.97. The second-order valence-electron chi connectivity index (χ2n) is 9.87. The molecule has 6 nitrogen and oxygen atoms in total. The molecule has 178 valence electrons. The molecule has 34 heavy (non-hydrogen) atoms. The molecule has 0 saturated heterocycles. The quantitative estimate of drug-likeness (QED) is 0.475. The van der Waals surface area contributed by atoms with E-state index in [1.165, 1.54) is 25.7 Å². The first kappa shape index (κ1) is 22.6. The summed E-state index contributed by atoms with van der Waals surface area (Å²) in [6.07, 6.45) is 11.2. The number of hydrogen-bond donors (Lipinski definition) is 2. The van der Waals surface area contributed by atoms with Crippen LogP contribution in [0.15, 0.2) is 48.5 Å². The molecule has 6 heteroatoms. The monoisotopic (exact) mass is 459 g/mol. The molecule has 2 saturated carbocycles. The van der Waals surface area contributed by atoms with Gasteiger partial charge in [0.05, 0.1) is 16.6 Å². The van der Waals surface area contributed by atoms with Crippen molar-refractivity contribution in [1.82, 2.24) is 14.9 Å². The van der Waals surface area contributed by atoms with Crippen LogP contribution in [-0.4, -0.2) is 32.6 Å². The van der Waals surface area contributed by atoms with Crippen molar-refractivity contribution in [1.29, 1.82) is 0 Å². The lowest BCUT2D eigenvalue weighted by molar-refractivity contribution is -0.127. The smallest absolute Gasteiger partial charge is 0.335 e. The molecule has 1 aromatic heterocycles. The Morgan fingerprint density at radius 3 is 2.35 bits per heavy atom. The molecule has 2 aromatic carbocycles. The van der Waals surface area contributed by atoms with Gasteiger partial charge >= 0.3 is 5.97 Å². The van der Waals surface area contributed by atoms with Crippen molar-refractivity contribution >= 4 is 22.9 Å². The third kappa shape index (κ3) is 4.59. The van der Waals surface area contributed by atoms with Crippen LogP contribution in [0.1, 0.15) is 80.6 Å². The van der Waals surface area contributed by atoms with Gasteiger partial charge in [0, 0.05) is 11.6 Å². The fraction of sp³-hybridized carbons (Fsp3) is 0.464. The minimum absolute atomic E-state index is 0.0811. The number of hydrogen-bond acceptors (Lipinski definition) is 3. The van der Waals surface area contributed by atoms with E-state index in [9.17, 15) is 14.7 Å². The van der Waals surface area contributed by atoms with Gasteiger partial charge in [-0.2, -0.15) is 0 Å². The number of carbonyl (C=O) groups excluding carboxylic acids is 1. The Balaban J connectivity index is 1.63. The highest BCUT2D eigenvalue weighted by Crippen LogP contribution is 2.38. The molecule has 0 aliphatic heterocycles. The lowest BCUT2D eigenvalue weighted by Gasteiger charge is -2.33. The van der Waals surface area contributed by atoms with Crippen LogP contribution < -0.4 is 5.32 Å². The number of aromatic carboxylic acids is 1. The predicted molar refractivity (Wildman–Crippen MR) is 133 cm³/mol. The number of nitrogens with one attached hydrogen (secondary N) is 1. The van der Waals surface area contributed by atoms with E-state index in [0.29, 0.717) is 5.82 Å². The third-order valence-electron chi connectivity index (χ3n) is 7.56. The minimum atomic E-state index is -0.969. The summed E-state index contributed by atoms with van der Waals surface area (Å²) in [5, 5.41) is 13.0.